The minimum Gasteiger partial charge on any atom is -0.479 e. The molecule has 2 N–H and O–H groups in total. The molecule has 0 fully saturated rings. The lowest BCUT2D eigenvalue weighted by Gasteiger charge is -2.27. The van der Waals surface area contributed by atoms with E-state index in [-0.39, 0.29) is 0 Å². The van der Waals surface area contributed by atoms with Crippen LogP contribution < -0.4 is 5.32 Å². The third-order valence-corrected chi connectivity index (χ3v) is 3.95. The number of carbonyl (C=O) groups excluding carboxylic acids is 1. The molecule has 9 heteroatoms. The van der Waals surface area contributed by atoms with Gasteiger partial charge in [0.15, 0.2) is 0 Å². The van der Waals surface area contributed by atoms with Crippen LogP contribution in [0.15, 0.2) is 22.0 Å². The van der Waals surface area contributed by atoms with Crippen molar-refractivity contribution in [3.8, 4) is 0 Å². The van der Waals surface area contributed by atoms with Gasteiger partial charge < -0.3 is 10.4 Å². The number of hydrogen-bond donors (Lipinski definition) is 2. The Bertz CT molecular complexity index is 555. The molecule has 0 bridgehead atoms. The first kappa shape index (κ1) is 16.7. The average molecular weight is 372 g/mol. The predicted octanol–water partition coefficient (Wildman–Crippen LogP) is 3.05. The fraction of sp³-hybridized carbons (Fsp3) is 0.273. The highest BCUT2D eigenvalue weighted by Gasteiger charge is 2.58. The number of hydrogen-bond acceptors (Lipinski definition) is 3. The van der Waals surface area contributed by atoms with E-state index < -0.39 is 23.6 Å². The molecule has 0 saturated carbocycles. The number of thiophene rings is 1. The molecule has 0 aliphatic rings. The van der Waals surface area contributed by atoms with E-state index in [0.29, 0.717) is 11.8 Å². The van der Waals surface area contributed by atoms with Gasteiger partial charge in [0.2, 0.25) is 11.4 Å². The molecule has 1 unspecified atom stereocenters. The van der Waals surface area contributed by atoms with Crippen LogP contribution in [0.25, 0.3) is 6.08 Å². The highest BCUT2D eigenvalue weighted by atomic mass is 79.9. The summed E-state index contributed by atoms with van der Waals surface area (Å²) in [4.78, 5) is 22.8. The number of halogens is 4. The topological polar surface area (TPSA) is 66.4 Å². The number of rotatable bonds is 4. The predicted molar refractivity (Wildman–Crippen MR) is 71.3 cm³/mol. The number of alkyl halides is 3. The summed E-state index contributed by atoms with van der Waals surface area (Å²) in [5.41, 5.74) is -3.33. The Hall–Kier alpha value is -1.35. The zero-order valence-electron chi connectivity index (χ0n) is 9.99. The lowest BCUT2D eigenvalue weighted by atomic mass is 10.0. The molecule has 20 heavy (non-hydrogen) atoms. The summed E-state index contributed by atoms with van der Waals surface area (Å²) in [6.45, 7) is 0.392. The molecule has 1 heterocycles. The Morgan fingerprint density at radius 3 is 2.40 bits per heavy atom. The molecule has 4 nitrogen and oxygen atoms in total. The Kier molecular flexibility index (Phi) is 4.98. The molecular weight excluding hydrogens is 363 g/mol. The van der Waals surface area contributed by atoms with Gasteiger partial charge >= 0.3 is 12.1 Å². The van der Waals surface area contributed by atoms with Crippen molar-refractivity contribution in [1.82, 2.24) is 5.32 Å². The van der Waals surface area contributed by atoms with Crippen molar-refractivity contribution in [1.29, 1.82) is 0 Å². The number of carbonyl (C=O) groups is 2. The van der Waals surface area contributed by atoms with Crippen LogP contribution in [0.4, 0.5) is 13.2 Å². The van der Waals surface area contributed by atoms with Crippen LogP contribution in [0.5, 0.6) is 0 Å². The summed E-state index contributed by atoms with van der Waals surface area (Å²) in [6, 6.07) is 3.36. The number of aliphatic carboxylic acids is 1. The standard InChI is InChI=1S/C11H9BrF3NO3S/c1-10(9(18)19,11(13,14)15)16-8(17)5-3-6-2-4-7(12)20-6/h2-5H,1H3,(H,16,17)(H,18,19). The number of carboxylic acids is 1. The van der Waals surface area contributed by atoms with Crippen molar-refractivity contribution in [2.45, 2.75) is 18.6 Å². The molecule has 1 aromatic heterocycles. The third kappa shape index (κ3) is 3.83. The van der Waals surface area contributed by atoms with Gasteiger partial charge in [0.1, 0.15) is 0 Å². The maximum absolute atomic E-state index is 12.7. The normalized spacial score (nSPS) is 15.1. The summed E-state index contributed by atoms with van der Waals surface area (Å²) in [5.74, 6) is -3.32. The van der Waals surface area contributed by atoms with Gasteiger partial charge in [-0.2, -0.15) is 13.2 Å². The second-order valence-corrected chi connectivity index (χ2v) is 6.39. The molecule has 1 atom stereocenters. The molecule has 0 spiro atoms. The van der Waals surface area contributed by atoms with E-state index in [1.165, 1.54) is 22.7 Å². The quantitative estimate of drug-likeness (QED) is 0.799. The highest BCUT2D eigenvalue weighted by molar-refractivity contribution is 9.11. The number of carboxylic acid groups (broad SMARTS) is 1. The highest BCUT2D eigenvalue weighted by Crippen LogP contribution is 2.30. The van der Waals surface area contributed by atoms with Crippen molar-refractivity contribution in [3.63, 3.8) is 0 Å². The number of amides is 1. The second-order valence-electron chi connectivity index (χ2n) is 3.89. The van der Waals surface area contributed by atoms with E-state index in [4.69, 9.17) is 5.11 Å². The van der Waals surface area contributed by atoms with Crippen molar-refractivity contribution < 1.29 is 27.9 Å². The van der Waals surface area contributed by atoms with Gasteiger partial charge in [0, 0.05) is 11.0 Å². The van der Waals surface area contributed by atoms with Crippen molar-refractivity contribution in [2.24, 2.45) is 0 Å². The maximum atomic E-state index is 12.7. The lowest BCUT2D eigenvalue weighted by molar-refractivity contribution is -0.206. The first-order valence-corrected chi connectivity index (χ1v) is 6.73. The van der Waals surface area contributed by atoms with Gasteiger partial charge in [-0.3, -0.25) is 4.79 Å². The minimum atomic E-state index is -5.10. The fourth-order valence-corrected chi connectivity index (χ4v) is 2.44. The summed E-state index contributed by atoms with van der Waals surface area (Å²) in [7, 11) is 0. The van der Waals surface area contributed by atoms with Gasteiger partial charge in [-0.25, -0.2) is 4.79 Å². The van der Waals surface area contributed by atoms with E-state index in [0.717, 1.165) is 9.86 Å². The molecule has 110 valence electrons. The second kappa shape index (κ2) is 5.96. The molecule has 1 aromatic rings. The molecular formula is C11H9BrF3NO3S. The van der Waals surface area contributed by atoms with Crippen LogP contribution >= 0.6 is 27.3 Å². The first-order chi connectivity index (χ1) is 9.06. The zero-order chi connectivity index (χ0) is 15.6. The van der Waals surface area contributed by atoms with Crippen LogP contribution in [-0.4, -0.2) is 28.7 Å². The molecule has 0 aliphatic carbocycles. The summed E-state index contributed by atoms with van der Waals surface area (Å²) >= 11 is 4.46. The van der Waals surface area contributed by atoms with Crippen LogP contribution in [-0.2, 0) is 9.59 Å². The third-order valence-electron chi connectivity index (χ3n) is 2.36. The Balaban J connectivity index is 2.83. The molecule has 1 rings (SSSR count). The molecule has 1 amide bonds. The first-order valence-electron chi connectivity index (χ1n) is 5.12. The Morgan fingerprint density at radius 2 is 2.00 bits per heavy atom. The summed E-state index contributed by atoms with van der Waals surface area (Å²) < 4.78 is 38.8. The molecule has 0 radical (unpaired) electrons. The summed E-state index contributed by atoms with van der Waals surface area (Å²) in [6.07, 6.45) is -2.96. The van der Waals surface area contributed by atoms with E-state index in [1.807, 2.05) is 0 Å². The summed E-state index contributed by atoms with van der Waals surface area (Å²) in [5, 5.41) is 10.1. The van der Waals surface area contributed by atoms with Crippen LogP contribution in [0.3, 0.4) is 0 Å². The van der Waals surface area contributed by atoms with E-state index in [1.54, 1.807) is 12.1 Å². The van der Waals surface area contributed by atoms with Crippen LogP contribution in [0.1, 0.15) is 11.8 Å². The lowest BCUT2D eigenvalue weighted by Crippen LogP contribution is -2.61. The monoisotopic (exact) mass is 371 g/mol. The maximum Gasteiger partial charge on any atom is 0.422 e. The Morgan fingerprint density at radius 1 is 1.40 bits per heavy atom. The van der Waals surface area contributed by atoms with Crippen molar-refractivity contribution in [2.75, 3.05) is 0 Å². The van der Waals surface area contributed by atoms with Gasteiger partial charge in [-0.1, -0.05) is 0 Å². The SMILES string of the molecule is CC(NC(=O)C=Cc1ccc(Br)s1)(C(=O)O)C(F)(F)F. The minimum absolute atomic E-state index is 0.392. The largest absolute Gasteiger partial charge is 0.479 e. The van der Waals surface area contributed by atoms with Gasteiger partial charge in [-0.15, -0.1) is 11.3 Å². The molecule has 0 aromatic carbocycles. The van der Waals surface area contributed by atoms with Gasteiger partial charge in [-0.05, 0) is 41.1 Å². The molecule has 0 aliphatic heterocycles. The molecule has 0 saturated heterocycles. The van der Waals surface area contributed by atoms with Crippen LogP contribution in [0.2, 0.25) is 0 Å². The van der Waals surface area contributed by atoms with E-state index in [9.17, 15) is 22.8 Å². The number of nitrogens with one attached hydrogen (secondary N) is 1. The Labute approximate surface area is 124 Å². The van der Waals surface area contributed by atoms with Crippen molar-refractivity contribution in [3.05, 3.63) is 26.9 Å². The van der Waals surface area contributed by atoms with Crippen molar-refractivity contribution >= 4 is 45.2 Å². The average Bonchev–Trinajstić information content (AvgIpc) is 2.70. The smallest absolute Gasteiger partial charge is 0.422 e. The zero-order valence-corrected chi connectivity index (χ0v) is 12.4. The van der Waals surface area contributed by atoms with E-state index >= 15 is 0 Å². The van der Waals surface area contributed by atoms with Crippen LogP contribution in [0, 0.1) is 0 Å². The fourth-order valence-electron chi connectivity index (χ4n) is 1.11. The van der Waals surface area contributed by atoms with E-state index in [2.05, 4.69) is 15.9 Å². The van der Waals surface area contributed by atoms with Gasteiger partial charge in [0.05, 0.1) is 3.79 Å². The van der Waals surface area contributed by atoms with Gasteiger partial charge in [0.25, 0.3) is 0 Å².